The number of alkyl halides is 3. The molecule has 0 aliphatic carbocycles. The fraction of sp³-hybridized carbons (Fsp3) is 0.500. The van der Waals surface area contributed by atoms with Crippen molar-refractivity contribution in [3.63, 3.8) is 0 Å². The van der Waals surface area contributed by atoms with Crippen LogP contribution in [0.4, 0.5) is 13.2 Å². The summed E-state index contributed by atoms with van der Waals surface area (Å²) in [6.07, 6.45) is 0.801. The van der Waals surface area contributed by atoms with Gasteiger partial charge in [0.25, 0.3) is 0 Å². The van der Waals surface area contributed by atoms with E-state index in [9.17, 15) is 18.0 Å². The number of aromatic amines is 1. The van der Waals surface area contributed by atoms with Gasteiger partial charge in [-0.05, 0) is 37.3 Å². The summed E-state index contributed by atoms with van der Waals surface area (Å²) in [6, 6.07) is 1.78. The van der Waals surface area contributed by atoms with Gasteiger partial charge < -0.3 is 9.64 Å². The number of carbonyl (C=O) groups excluding carboxylic acids is 1. The molecule has 0 unspecified atom stereocenters. The Morgan fingerprint density at radius 3 is 2.70 bits per heavy atom. The average Bonchev–Trinajstić information content (AvgIpc) is 3.68. The lowest BCUT2D eigenvalue weighted by Crippen LogP contribution is -2.46. The Balaban J connectivity index is 1.20. The lowest BCUT2D eigenvalue weighted by Gasteiger charge is -2.34. The number of nitrogens with zero attached hydrogens (tertiary/aromatic N) is 7. The summed E-state index contributed by atoms with van der Waals surface area (Å²) in [5.74, 6) is 0.325. The van der Waals surface area contributed by atoms with Gasteiger partial charge in [-0.25, -0.2) is 14.5 Å². The first-order chi connectivity index (χ1) is 19.2. The van der Waals surface area contributed by atoms with Gasteiger partial charge in [0.05, 0.1) is 31.9 Å². The maximum atomic E-state index is 13.7. The zero-order chi connectivity index (χ0) is 27.9. The quantitative estimate of drug-likeness (QED) is 0.375. The lowest BCUT2D eigenvalue weighted by atomic mass is 9.96. The number of hydrogen-bond donors (Lipinski definition) is 1. The molecule has 4 aromatic heterocycles. The number of amides is 1. The smallest absolute Gasteiger partial charge is 0.379 e. The molecular weight excluding hydrogens is 545 g/mol. The molecule has 0 radical (unpaired) electrons. The topological polar surface area (TPSA) is 105 Å². The molecule has 4 aromatic rings. The fourth-order valence-corrected chi connectivity index (χ4v) is 6.53. The van der Waals surface area contributed by atoms with E-state index in [2.05, 4.69) is 30.2 Å². The Morgan fingerprint density at radius 1 is 1.18 bits per heavy atom. The molecule has 0 aromatic carbocycles. The third kappa shape index (κ3) is 5.60. The number of fused-ring (bicyclic) bond motifs is 1. The first-order valence-electron chi connectivity index (χ1n) is 13.2. The fourth-order valence-electron chi connectivity index (χ4n) is 5.43. The molecule has 2 aliphatic heterocycles. The van der Waals surface area contributed by atoms with Crippen molar-refractivity contribution >= 4 is 22.9 Å². The summed E-state index contributed by atoms with van der Waals surface area (Å²) in [7, 11) is 0. The second-order valence-corrected chi connectivity index (χ2v) is 11.3. The van der Waals surface area contributed by atoms with E-state index in [1.807, 2.05) is 11.8 Å². The van der Waals surface area contributed by atoms with Gasteiger partial charge in [-0.2, -0.15) is 23.4 Å². The van der Waals surface area contributed by atoms with Crippen molar-refractivity contribution in [1.29, 1.82) is 0 Å². The molecule has 1 N–H and O–H groups in total. The van der Waals surface area contributed by atoms with Crippen LogP contribution >= 0.6 is 11.3 Å². The molecule has 10 nitrogen and oxygen atoms in total. The van der Waals surface area contributed by atoms with Crippen LogP contribution in [-0.2, 0) is 16.0 Å². The van der Waals surface area contributed by atoms with Gasteiger partial charge >= 0.3 is 6.18 Å². The van der Waals surface area contributed by atoms with Gasteiger partial charge in [-0.15, -0.1) is 11.3 Å². The molecule has 6 rings (SSSR count). The third-order valence-corrected chi connectivity index (χ3v) is 8.70. The zero-order valence-electron chi connectivity index (χ0n) is 21.9. The van der Waals surface area contributed by atoms with Crippen LogP contribution in [0, 0.1) is 6.92 Å². The number of halogens is 3. The maximum absolute atomic E-state index is 13.7. The number of thiazole rings is 1. The number of piperidine rings is 1. The summed E-state index contributed by atoms with van der Waals surface area (Å²) in [6.45, 7) is 6.39. The largest absolute Gasteiger partial charge is 0.393 e. The highest BCUT2D eigenvalue weighted by Crippen LogP contribution is 2.39. The minimum atomic E-state index is -4.43. The molecule has 6 heterocycles. The van der Waals surface area contributed by atoms with Crippen molar-refractivity contribution in [2.45, 2.75) is 38.3 Å². The van der Waals surface area contributed by atoms with Gasteiger partial charge in [-0.3, -0.25) is 14.8 Å². The lowest BCUT2D eigenvalue weighted by molar-refractivity contribution is -0.134. The summed E-state index contributed by atoms with van der Waals surface area (Å²) in [5, 5.41) is 11.7. The molecule has 14 heteroatoms. The van der Waals surface area contributed by atoms with E-state index < -0.39 is 12.6 Å². The molecule has 40 heavy (non-hydrogen) atoms. The van der Waals surface area contributed by atoms with E-state index in [0.29, 0.717) is 49.1 Å². The first-order valence-corrected chi connectivity index (χ1v) is 14.0. The number of pyridine rings is 1. The predicted molar refractivity (Wildman–Crippen MR) is 142 cm³/mol. The van der Waals surface area contributed by atoms with E-state index >= 15 is 0 Å². The number of morpholine rings is 1. The second kappa shape index (κ2) is 10.9. The van der Waals surface area contributed by atoms with E-state index in [-0.39, 0.29) is 28.8 Å². The van der Waals surface area contributed by atoms with Crippen molar-refractivity contribution < 1.29 is 22.7 Å². The number of carbonyl (C=O) groups is 1. The molecule has 2 fully saturated rings. The van der Waals surface area contributed by atoms with E-state index in [1.54, 1.807) is 23.0 Å². The maximum Gasteiger partial charge on any atom is 0.393 e. The Hall–Kier alpha value is -3.36. The SMILES string of the molecule is Cc1cc(-c2[nH]nc(-c3ncc(C4CCN(C(=O)CN5CCOCC5)CC4)s3)c2CC(F)(F)F)cn2ncnc12. The van der Waals surface area contributed by atoms with Crippen molar-refractivity contribution in [1.82, 2.24) is 39.6 Å². The highest BCUT2D eigenvalue weighted by Gasteiger charge is 2.34. The highest BCUT2D eigenvalue weighted by molar-refractivity contribution is 7.15. The Morgan fingerprint density at radius 2 is 1.95 bits per heavy atom. The van der Waals surface area contributed by atoms with Crippen LogP contribution < -0.4 is 0 Å². The summed E-state index contributed by atoms with van der Waals surface area (Å²) >= 11 is 1.37. The van der Waals surface area contributed by atoms with Gasteiger partial charge in [0.1, 0.15) is 17.0 Å². The van der Waals surface area contributed by atoms with Gasteiger partial charge in [0.15, 0.2) is 5.65 Å². The summed E-state index contributed by atoms with van der Waals surface area (Å²) in [4.78, 5) is 26.5. The number of nitrogens with one attached hydrogen (secondary N) is 1. The van der Waals surface area contributed by atoms with Crippen LogP contribution in [0.15, 0.2) is 24.8 Å². The molecule has 212 valence electrons. The van der Waals surface area contributed by atoms with Gasteiger partial charge in [0, 0.05) is 54.6 Å². The number of rotatable bonds is 6. The molecular formula is C26H29F3N8O2S. The van der Waals surface area contributed by atoms with Crippen LogP contribution in [0.2, 0.25) is 0 Å². The highest BCUT2D eigenvalue weighted by atomic mass is 32.1. The molecule has 0 spiro atoms. The minimum absolute atomic E-state index is 0.0517. The zero-order valence-corrected chi connectivity index (χ0v) is 22.8. The van der Waals surface area contributed by atoms with Crippen LogP contribution in [0.25, 0.3) is 27.6 Å². The van der Waals surface area contributed by atoms with Crippen LogP contribution in [0.3, 0.4) is 0 Å². The number of hydrogen-bond acceptors (Lipinski definition) is 8. The number of likely N-dealkylation sites (tertiary alicyclic amines) is 1. The average molecular weight is 575 g/mol. The number of ether oxygens (including phenoxy) is 1. The number of H-pyrrole nitrogens is 1. The van der Waals surface area contributed by atoms with Gasteiger partial charge in [-0.1, -0.05) is 0 Å². The van der Waals surface area contributed by atoms with Crippen molar-refractivity contribution in [3.05, 3.63) is 40.8 Å². The molecule has 1 amide bonds. The molecule has 0 saturated carbocycles. The van der Waals surface area contributed by atoms with Gasteiger partial charge in [0.2, 0.25) is 5.91 Å². The minimum Gasteiger partial charge on any atom is -0.379 e. The number of aryl methyl sites for hydroxylation is 1. The molecule has 2 saturated heterocycles. The van der Waals surface area contributed by atoms with E-state index in [4.69, 9.17) is 4.74 Å². The van der Waals surface area contributed by atoms with Crippen molar-refractivity contribution in [3.8, 4) is 22.0 Å². The first kappa shape index (κ1) is 26.8. The summed E-state index contributed by atoms with van der Waals surface area (Å²) in [5.41, 5.74) is 2.51. The third-order valence-electron chi connectivity index (χ3n) is 7.53. The Kier molecular flexibility index (Phi) is 7.31. The van der Waals surface area contributed by atoms with Crippen LogP contribution in [-0.4, -0.2) is 97.6 Å². The van der Waals surface area contributed by atoms with Crippen LogP contribution in [0.1, 0.15) is 34.8 Å². The van der Waals surface area contributed by atoms with Crippen molar-refractivity contribution in [2.24, 2.45) is 0 Å². The normalized spacial score (nSPS) is 17.6. The monoisotopic (exact) mass is 574 g/mol. The Bertz CT molecular complexity index is 1500. The predicted octanol–water partition coefficient (Wildman–Crippen LogP) is 3.69. The van der Waals surface area contributed by atoms with Crippen molar-refractivity contribution in [2.75, 3.05) is 45.9 Å². The standard InChI is InChI=1S/C26H29F3N8O2S/c1-16-10-18(13-37-24(16)31-15-32-37)22-19(11-26(27,28)29)23(34-33-22)25-30-12-20(40-25)17-2-4-36(5-3-17)21(38)14-35-6-8-39-9-7-35/h10,12-13,15,17H,2-9,11,14H2,1H3,(H,33,34). The Labute approximate surface area is 232 Å². The molecule has 2 aliphatic rings. The molecule has 0 bridgehead atoms. The number of aromatic nitrogens is 6. The van der Waals surface area contributed by atoms with Crippen LogP contribution in [0.5, 0.6) is 0 Å². The van der Waals surface area contributed by atoms with E-state index in [0.717, 1.165) is 36.4 Å². The molecule has 0 atom stereocenters. The van der Waals surface area contributed by atoms with E-state index in [1.165, 1.54) is 17.7 Å². The summed E-state index contributed by atoms with van der Waals surface area (Å²) < 4.78 is 48.0. The second-order valence-electron chi connectivity index (χ2n) is 10.3.